The summed E-state index contributed by atoms with van der Waals surface area (Å²) in [7, 11) is -3.32. The molecule has 0 saturated carbocycles. The largest absolute Gasteiger partial charge is 0.390 e. The Bertz CT molecular complexity index is 718. The van der Waals surface area contributed by atoms with Crippen molar-refractivity contribution >= 4 is 19.8 Å². The van der Waals surface area contributed by atoms with Gasteiger partial charge < -0.3 is 34.1 Å². The molecule has 3 heterocycles. The van der Waals surface area contributed by atoms with Crippen molar-refractivity contribution in [1.29, 1.82) is 0 Å². The molecule has 1 saturated heterocycles. The number of aromatic nitrogens is 2. The number of aliphatic hydroxyl groups excluding tert-OH is 2. The fourth-order valence-corrected chi connectivity index (χ4v) is 4.48. The summed E-state index contributed by atoms with van der Waals surface area (Å²) in [6.07, 6.45) is 0.451. The predicted molar refractivity (Wildman–Crippen MR) is 99.6 cm³/mol. The Morgan fingerprint density at radius 3 is 2.82 bits per heavy atom. The van der Waals surface area contributed by atoms with Crippen molar-refractivity contribution < 1.29 is 33.3 Å². The molecule has 0 unspecified atom stereocenters. The lowest BCUT2D eigenvalue weighted by Gasteiger charge is -2.19. The number of hydrogen-bond donors (Lipinski definition) is 3. The van der Waals surface area contributed by atoms with Crippen LogP contribution in [0.4, 0.5) is 5.82 Å². The number of nitrogens with zero attached hydrogens (tertiary/aromatic N) is 3. The van der Waals surface area contributed by atoms with Crippen molar-refractivity contribution in [2.45, 2.75) is 44.8 Å². The number of hydrogen-bond acceptors (Lipinski definition) is 10. The number of fused-ring (bicyclic) bond motifs is 1. The second kappa shape index (κ2) is 9.45. The smallest absolute Gasteiger partial charge is 0.356 e. The van der Waals surface area contributed by atoms with E-state index in [0.29, 0.717) is 24.5 Å². The molecule has 3 N–H and O–H groups in total. The normalized spacial score (nSPS) is 27.4. The molecule has 2 aliphatic rings. The summed E-state index contributed by atoms with van der Waals surface area (Å²) in [4.78, 5) is 8.49. The molecule has 0 spiro atoms. The molecule has 2 aliphatic heterocycles. The van der Waals surface area contributed by atoms with Gasteiger partial charge in [0.05, 0.1) is 38.6 Å². The third-order valence-corrected chi connectivity index (χ3v) is 6.20. The zero-order valence-corrected chi connectivity index (χ0v) is 16.8. The van der Waals surface area contributed by atoms with Gasteiger partial charge in [-0.2, -0.15) is 0 Å². The standard InChI is InChI=1S/C16H27N4O7P/c1-3-25-28(23,26-4-2)10-24-7-13-11(21)5-14(27-13)20-9-19-15-12(22)6-17-8-18-16(15)20/h8-9,11-14,21-22H,3-7,10H2,1-2H3,(H,17,18)/t11-,12+,13+,14+/m0/s1. The van der Waals surface area contributed by atoms with Crippen molar-refractivity contribution in [2.75, 3.05) is 32.7 Å². The summed E-state index contributed by atoms with van der Waals surface area (Å²) in [5.74, 6) is 0.480. The van der Waals surface area contributed by atoms with Crippen LogP contribution in [0.2, 0.25) is 0 Å². The Morgan fingerprint density at radius 1 is 1.36 bits per heavy atom. The van der Waals surface area contributed by atoms with Crippen LogP contribution in [-0.4, -0.2) is 71.0 Å². The fraction of sp³-hybridized carbons (Fsp3) is 0.750. The molecule has 0 radical (unpaired) electrons. The molecule has 0 amide bonds. The highest BCUT2D eigenvalue weighted by atomic mass is 31.2. The second-order valence-electron chi connectivity index (χ2n) is 6.42. The van der Waals surface area contributed by atoms with E-state index in [0.717, 1.165) is 0 Å². The highest BCUT2D eigenvalue weighted by Gasteiger charge is 2.37. The molecule has 12 heteroatoms. The molecule has 4 atom stereocenters. The van der Waals surface area contributed by atoms with E-state index < -0.39 is 32.1 Å². The summed E-state index contributed by atoms with van der Waals surface area (Å²) in [6, 6.07) is 0. The first-order valence-electron chi connectivity index (χ1n) is 9.27. The molecule has 3 rings (SSSR count). The number of β-amino-alcohol motifs (C(OH)–C–C–N with tert-alkyl or cyclic N) is 1. The van der Waals surface area contributed by atoms with E-state index >= 15 is 0 Å². The molecule has 0 bridgehead atoms. The minimum absolute atomic E-state index is 0.0339. The van der Waals surface area contributed by atoms with Gasteiger partial charge >= 0.3 is 7.60 Å². The zero-order valence-electron chi connectivity index (χ0n) is 15.9. The number of imidazole rings is 1. The molecular weight excluding hydrogens is 391 g/mol. The van der Waals surface area contributed by atoms with Gasteiger partial charge in [0.1, 0.15) is 30.5 Å². The first kappa shape index (κ1) is 21.4. The van der Waals surface area contributed by atoms with E-state index in [4.69, 9.17) is 18.5 Å². The van der Waals surface area contributed by atoms with Crippen LogP contribution in [0.25, 0.3) is 0 Å². The molecular formula is C16H27N4O7P. The van der Waals surface area contributed by atoms with Gasteiger partial charge in [0, 0.05) is 13.0 Å². The van der Waals surface area contributed by atoms with Gasteiger partial charge in [0.15, 0.2) is 5.82 Å². The van der Waals surface area contributed by atoms with Gasteiger partial charge in [-0.1, -0.05) is 0 Å². The Labute approximate surface area is 163 Å². The lowest BCUT2D eigenvalue weighted by molar-refractivity contribution is -0.0575. The van der Waals surface area contributed by atoms with Gasteiger partial charge in [-0.3, -0.25) is 9.13 Å². The quantitative estimate of drug-likeness (QED) is 0.503. The van der Waals surface area contributed by atoms with E-state index in [-0.39, 0.29) is 26.2 Å². The molecule has 0 aromatic carbocycles. The highest BCUT2D eigenvalue weighted by Crippen LogP contribution is 2.48. The minimum atomic E-state index is -3.32. The summed E-state index contributed by atoms with van der Waals surface area (Å²) in [6.45, 7) is 4.30. The summed E-state index contributed by atoms with van der Waals surface area (Å²) >= 11 is 0. The van der Waals surface area contributed by atoms with Crippen molar-refractivity contribution in [1.82, 2.24) is 14.9 Å². The molecule has 28 heavy (non-hydrogen) atoms. The zero-order chi connectivity index (χ0) is 20.1. The molecule has 1 fully saturated rings. The molecule has 0 aliphatic carbocycles. The van der Waals surface area contributed by atoms with Crippen LogP contribution < -0.4 is 5.32 Å². The van der Waals surface area contributed by atoms with Crippen molar-refractivity contribution in [3.05, 3.63) is 12.0 Å². The third kappa shape index (κ3) is 4.80. The molecule has 158 valence electrons. The van der Waals surface area contributed by atoms with Crippen LogP contribution >= 0.6 is 7.60 Å². The number of rotatable bonds is 9. The predicted octanol–water partition coefficient (Wildman–Crippen LogP) is 1.07. The Morgan fingerprint density at radius 2 is 2.11 bits per heavy atom. The average molecular weight is 418 g/mol. The number of nitrogens with one attached hydrogen (secondary N) is 1. The Kier molecular flexibility index (Phi) is 7.21. The van der Waals surface area contributed by atoms with Crippen LogP contribution in [-0.2, 0) is 23.1 Å². The summed E-state index contributed by atoms with van der Waals surface area (Å²) < 4.78 is 35.8. The third-order valence-electron chi connectivity index (χ3n) is 4.40. The van der Waals surface area contributed by atoms with Gasteiger partial charge in [0.25, 0.3) is 0 Å². The maximum atomic E-state index is 12.4. The second-order valence-corrected chi connectivity index (χ2v) is 8.42. The maximum Gasteiger partial charge on any atom is 0.356 e. The molecule has 11 nitrogen and oxygen atoms in total. The maximum absolute atomic E-state index is 12.4. The SMILES string of the molecule is CCOP(=O)(COC[C@H]1O[C@@H](n2cnc3c2N=CNC[C@H]3O)C[C@@H]1O)OCC. The topological polar surface area (TPSA) is 137 Å². The highest BCUT2D eigenvalue weighted by molar-refractivity contribution is 7.53. The summed E-state index contributed by atoms with van der Waals surface area (Å²) in [5.41, 5.74) is 0.452. The van der Waals surface area contributed by atoms with Crippen molar-refractivity contribution in [3.63, 3.8) is 0 Å². The van der Waals surface area contributed by atoms with Gasteiger partial charge in [-0.05, 0) is 13.8 Å². The van der Waals surface area contributed by atoms with E-state index in [1.807, 2.05) is 0 Å². The average Bonchev–Trinajstić information content (AvgIpc) is 3.17. The number of aliphatic hydroxyl groups is 2. The van der Waals surface area contributed by atoms with Crippen molar-refractivity contribution in [2.24, 2.45) is 4.99 Å². The van der Waals surface area contributed by atoms with E-state index in [1.54, 1.807) is 18.4 Å². The van der Waals surface area contributed by atoms with Gasteiger partial charge in [-0.25, -0.2) is 9.98 Å². The fourth-order valence-electron chi connectivity index (χ4n) is 3.14. The number of ether oxygens (including phenoxy) is 2. The number of aliphatic imine (C=N–C) groups is 1. The van der Waals surface area contributed by atoms with Crippen LogP contribution in [0.5, 0.6) is 0 Å². The van der Waals surface area contributed by atoms with E-state index in [9.17, 15) is 14.8 Å². The van der Waals surface area contributed by atoms with Crippen molar-refractivity contribution in [3.8, 4) is 0 Å². The molecule has 1 aromatic rings. The van der Waals surface area contributed by atoms with Gasteiger partial charge in [-0.15, -0.1) is 0 Å². The monoisotopic (exact) mass is 418 g/mol. The van der Waals surface area contributed by atoms with E-state index in [2.05, 4.69) is 15.3 Å². The van der Waals surface area contributed by atoms with Gasteiger partial charge in [0.2, 0.25) is 0 Å². The lowest BCUT2D eigenvalue weighted by Crippen LogP contribution is -2.26. The van der Waals surface area contributed by atoms with Crippen LogP contribution in [0.1, 0.15) is 38.3 Å². The van der Waals surface area contributed by atoms with Crippen LogP contribution in [0.3, 0.4) is 0 Å². The Balaban J connectivity index is 1.60. The minimum Gasteiger partial charge on any atom is -0.390 e. The van der Waals surface area contributed by atoms with E-state index in [1.165, 1.54) is 12.7 Å². The first-order chi connectivity index (χ1) is 13.5. The van der Waals surface area contributed by atoms with Crippen LogP contribution in [0.15, 0.2) is 11.3 Å². The molecule has 1 aromatic heterocycles. The lowest BCUT2D eigenvalue weighted by atomic mass is 10.2. The Hall–Kier alpha value is -1.33. The van der Waals surface area contributed by atoms with Crippen LogP contribution in [0, 0.1) is 0 Å². The first-order valence-corrected chi connectivity index (χ1v) is 11.0. The summed E-state index contributed by atoms with van der Waals surface area (Å²) in [5, 5.41) is 23.3.